The zero-order valence-electron chi connectivity index (χ0n) is 16.4. The first kappa shape index (κ1) is 19.2. The SMILES string of the molecule is Cc1nc(-c2ccccc2)sc1CNC(=O)C(C)Oc1cccc2ccccc12. The first-order valence-electron chi connectivity index (χ1n) is 9.55. The minimum atomic E-state index is -0.595. The quantitative estimate of drug-likeness (QED) is 0.473. The highest BCUT2D eigenvalue weighted by molar-refractivity contribution is 7.15. The molecule has 0 saturated carbocycles. The molecular formula is C24H22N2O2S. The highest BCUT2D eigenvalue weighted by atomic mass is 32.1. The highest BCUT2D eigenvalue weighted by Crippen LogP contribution is 2.28. The van der Waals surface area contributed by atoms with Crippen LogP contribution in [-0.4, -0.2) is 17.0 Å². The highest BCUT2D eigenvalue weighted by Gasteiger charge is 2.17. The van der Waals surface area contributed by atoms with Crippen LogP contribution in [0.15, 0.2) is 72.8 Å². The van der Waals surface area contributed by atoms with Gasteiger partial charge in [0.05, 0.1) is 12.2 Å². The van der Waals surface area contributed by atoms with Gasteiger partial charge >= 0.3 is 0 Å². The first-order chi connectivity index (χ1) is 14.1. The topological polar surface area (TPSA) is 51.2 Å². The monoisotopic (exact) mass is 402 g/mol. The Labute approximate surface area is 174 Å². The molecule has 5 heteroatoms. The summed E-state index contributed by atoms with van der Waals surface area (Å²) in [5.41, 5.74) is 2.03. The van der Waals surface area contributed by atoms with Gasteiger partial charge in [0.15, 0.2) is 6.10 Å². The molecule has 3 aromatic carbocycles. The summed E-state index contributed by atoms with van der Waals surface area (Å²) in [4.78, 5) is 18.3. The van der Waals surface area contributed by atoms with Gasteiger partial charge in [-0.1, -0.05) is 66.7 Å². The standard InChI is InChI=1S/C24H22N2O2S/c1-16-22(29-24(26-16)19-10-4-3-5-11-19)15-25-23(27)17(2)28-21-14-8-12-18-9-6-7-13-20(18)21/h3-14,17H,15H2,1-2H3,(H,25,27). The molecule has 146 valence electrons. The Kier molecular flexibility index (Phi) is 5.58. The smallest absolute Gasteiger partial charge is 0.261 e. The molecule has 0 bridgehead atoms. The summed E-state index contributed by atoms with van der Waals surface area (Å²) in [5.74, 6) is 0.568. The summed E-state index contributed by atoms with van der Waals surface area (Å²) in [6.45, 7) is 4.19. The molecule has 29 heavy (non-hydrogen) atoms. The Hall–Kier alpha value is -3.18. The van der Waals surface area contributed by atoms with E-state index >= 15 is 0 Å². The zero-order chi connectivity index (χ0) is 20.2. The van der Waals surface area contributed by atoms with Gasteiger partial charge in [-0.3, -0.25) is 4.79 Å². The fraction of sp³-hybridized carbons (Fsp3) is 0.167. The van der Waals surface area contributed by atoms with Gasteiger partial charge in [0.1, 0.15) is 10.8 Å². The fourth-order valence-electron chi connectivity index (χ4n) is 3.15. The van der Waals surface area contributed by atoms with Crippen LogP contribution >= 0.6 is 11.3 Å². The lowest BCUT2D eigenvalue weighted by atomic mass is 10.1. The van der Waals surface area contributed by atoms with Crippen LogP contribution < -0.4 is 10.1 Å². The number of nitrogens with one attached hydrogen (secondary N) is 1. The van der Waals surface area contributed by atoms with E-state index in [1.54, 1.807) is 18.3 Å². The molecule has 0 saturated heterocycles. The van der Waals surface area contributed by atoms with Crippen LogP contribution in [-0.2, 0) is 11.3 Å². The number of aromatic nitrogens is 1. The molecule has 0 radical (unpaired) electrons. The van der Waals surface area contributed by atoms with Gasteiger partial charge < -0.3 is 10.1 Å². The van der Waals surface area contributed by atoms with Crippen LogP contribution in [0.5, 0.6) is 5.75 Å². The number of benzene rings is 3. The number of amides is 1. The van der Waals surface area contributed by atoms with Crippen LogP contribution in [0.3, 0.4) is 0 Å². The summed E-state index contributed by atoms with van der Waals surface area (Å²) in [6, 6.07) is 23.9. The predicted octanol–water partition coefficient (Wildman–Crippen LogP) is 5.36. The van der Waals surface area contributed by atoms with E-state index in [0.29, 0.717) is 12.3 Å². The van der Waals surface area contributed by atoms with Gasteiger partial charge in [0.2, 0.25) is 0 Å². The molecule has 0 aliphatic carbocycles. The van der Waals surface area contributed by atoms with Crippen LogP contribution in [0.4, 0.5) is 0 Å². The van der Waals surface area contributed by atoms with Crippen LogP contribution in [0.25, 0.3) is 21.3 Å². The van der Waals surface area contributed by atoms with Crippen molar-refractivity contribution in [1.29, 1.82) is 0 Å². The Balaban J connectivity index is 1.41. The summed E-state index contributed by atoms with van der Waals surface area (Å²) in [5, 5.41) is 6.03. The van der Waals surface area contributed by atoms with Gasteiger partial charge in [-0.15, -0.1) is 11.3 Å². The number of carbonyl (C=O) groups is 1. The van der Waals surface area contributed by atoms with Crippen molar-refractivity contribution >= 4 is 28.0 Å². The number of rotatable bonds is 6. The largest absolute Gasteiger partial charge is 0.480 e. The van der Waals surface area contributed by atoms with Crippen LogP contribution in [0, 0.1) is 6.92 Å². The average molecular weight is 403 g/mol. The van der Waals surface area contributed by atoms with E-state index in [9.17, 15) is 4.79 Å². The Bertz CT molecular complexity index is 1130. The van der Waals surface area contributed by atoms with E-state index in [-0.39, 0.29) is 5.91 Å². The van der Waals surface area contributed by atoms with E-state index in [4.69, 9.17) is 4.74 Å². The normalized spacial score (nSPS) is 11.9. The second-order valence-electron chi connectivity index (χ2n) is 6.85. The summed E-state index contributed by atoms with van der Waals surface area (Å²) in [7, 11) is 0. The third kappa shape index (κ3) is 4.30. The Morgan fingerprint density at radius 1 is 1.03 bits per heavy atom. The Morgan fingerprint density at radius 2 is 1.76 bits per heavy atom. The van der Waals surface area contributed by atoms with Crippen molar-refractivity contribution in [3.05, 3.63) is 83.4 Å². The van der Waals surface area contributed by atoms with Gasteiger partial charge in [0.25, 0.3) is 5.91 Å². The second-order valence-corrected chi connectivity index (χ2v) is 7.93. The lowest BCUT2D eigenvalue weighted by Gasteiger charge is -2.16. The molecule has 0 aliphatic heterocycles. The number of ether oxygens (including phenoxy) is 1. The molecule has 4 rings (SSSR count). The van der Waals surface area contributed by atoms with Crippen molar-refractivity contribution in [2.24, 2.45) is 0 Å². The van der Waals surface area contributed by atoms with Gasteiger partial charge in [-0.25, -0.2) is 4.98 Å². The molecule has 1 N–H and O–H groups in total. The van der Waals surface area contributed by atoms with Crippen molar-refractivity contribution in [3.63, 3.8) is 0 Å². The number of nitrogens with zero attached hydrogens (tertiary/aromatic N) is 1. The molecule has 1 unspecified atom stereocenters. The summed E-state index contributed by atoms with van der Waals surface area (Å²) >= 11 is 1.61. The maximum atomic E-state index is 12.6. The molecule has 0 spiro atoms. The maximum Gasteiger partial charge on any atom is 0.261 e. The van der Waals surface area contributed by atoms with Gasteiger partial charge in [-0.2, -0.15) is 0 Å². The third-order valence-corrected chi connectivity index (χ3v) is 5.97. The number of carbonyl (C=O) groups excluding carboxylic acids is 1. The third-order valence-electron chi connectivity index (χ3n) is 4.76. The molecule has 0 aliphatic rings. The number of hydrogen-bond acceptors (Lipinski definition) is 4. The van der Waals surface area contributed by atoms with E-state index in [0.717, 1.165) is 31.9 Å². The van der Waals surface area contributed by atoms with E-state index in [1.165, 1.54) is 0 Å². The molecular weight excluding hydrogens is 380 g/mol. The van der Waals surface area contributed by atoms with Crippen molar-refractivity contribution < 1.29 is 9.53 Å². The summed E-state index contributed by atoms with van der Waals surface area (Å²) in [6.07, 6.45) is -0.595. The van der Waals surface area contributed by atoms with Crippen LogP contribution in [0.2, 0.25) is 0 Å². The number of fused-ring (bicyclic) bond motifs is 1. The second kappa shape index (κ2) is 8.45. The molecule has 0 fully saturated rings. The van der Waals surface area contributed by atoms with E-state index < -0.39 is 6.10 Å². The molecule has 1 atom stereocenters. The average Bonchev–Trinajstić information content (AvgIpc) is 3.13. The van der Waals surface area contributed by atoms with Crippen molar-refractivity contribution in [2.75, 3.05) is 0 Å². The van der Waals surface area contributed by atoms with Crippen molar-refractivity contribution in [1.82, 2.24) is 10.3 Å². The molecule has 4 aromatic rings. The number of aryl methyl sites for hydroxylation is 1. The minimum Gasteiger partial charge on any atom is -0.480 e. The molecule has 1 amide bonds. The first-order valence-corrected chi connectivity index (χ1v) is 10.4. The predicted molar refractivity (Wildman–Crippen MR) is 118 cm³/mol. The summed E-state index contributed by atoms with van der Waals surface area (Å²) < 4.78 is 5.96. The minimum absolute atomic E-state index is 0.146. The van der Waals surface area contributed by atoms with E-state index in [2.05, 4.69) is 10.3 Å². The van der Waals surface area contributed by atoms with Gasteiger partial charge in [0, 0.05) is 15.8 Å². The van der Waals surface area contributed by atoms with Crippen molar-refractivity contribution in [3.8, 4) is 16.3 Å². The van der Waals surface area contributed by atoms with Gasteiger partial charge in [-0.05, 0) is 25.3 Å². The molecule has 4 nitrogen and oxygen atoms in total. The van der Waals surface area contributed by atoms with Crippen molar-refractivity contribution in [2.45, 2.75) is 26.5 Å². The molecule has 1 heterocycles. The lowest BCUT2D eigenvalue weighted by Crippen LogP contribution is -2.35. The van der Waals surface area contributed by atoms with E-state index in [1.807, 2.05) is 79.7 Å². The lowest BCUT2D eigenvalue weighted by molar-refractivity contribution is -0.127. The fourth-order valence-corrected chi connectivity index (χ4v) is 4.16. The maximum absolute atomic E-state index is 12.6. The number of thiazole rings is 1. The van der Waals surface area contributed by atoms with Crippen LogP contribution in [0.1, 0.15) is 17.5 Å². The molecule has 1 aromatic heterocycles. The Morgan fingerprint density at radius 3 is 2.59 bits per heavy atom. The zero-order valence-corrected chi connectivity index (χ0v) is 17.2. The number of hydrogen-bond donors (Lipinski definition) is 1.